The van der Waals surface area contributed by atoms with Crippen LogP contribution >= 0.6 is 0 Å². The van der Waals surface area contributed by atoms with E-state index in [1.165, 1.54) is 27.8 Å². The second-order valence-corrected chi connectivity index (χ2v) is 31.6. The van der Waals surface area contributed by atoms with Gasteiger partial charge in [0.25, 0.3) is 0 Å². The monoisotopic (exact) mass is 1560 g/mol. The van der Waals surface area contributed by atoms with E-state index in [9.17, 15) is 0 Å². The zero-order valence-corrected chi connectivity index (χ0v) is 68.5. The van der Waals surface area contributed by atoms with Crippen molar-refractivity contribution >= 4 is 131 Å². The van der Waals surface area contributed by atoms with Gasteiger partial charge in [-0.15, -0.1) is 0 Å². The van der Waals surface area contributed by atoms with E-state index in [2.05, 4.69) is 187 Å². The highest BCUT2D eigenvalue weighted by Gasteiger charge is 2.27. The molecule has 0 aliphatic rings. The summed E-state index contributed by atoms with van der Waals surface area (Å²) in [5.41, 5.74) is 29.4. The summed E-state index contributed by atoms with van der Waals surface area (Å²) in [6.45, 7) is 12.0. The average molecular weight is 1560 g/mol. The first kappa shape index (κ1) is 66.9. The molecule has 0 fully saturated rings. The molecule has 11 aromatic carbocycles. The molecular weight excluding hydrogens is 1460 g/mol. The number of hydrogen-bond donors (Lipinski definition) is 0. The number of aryl methyl sites for hydroxylation is 12. The Kier molecular flexibility index (Phi) is 16.9. The highest BCUT2D eigenvalue weighted by atomic mass is 16.3. The minimum Gasteiger partial charge on any atom is -0.455 e. The minimum absolute atomic E-state index is 0.327. The predicted molar refractivity (Wildman–Crippen MR) is 488 cm³/mol. The molecule has 11 aromatic heterocycles. The lowest BCUT2D eigenvalue weighted by atomic mass is 9.96. The zero-order valence-electron chi connectivity index (χ0n) is 75.5. The fourth-order valence-electron chi connectivity index (χ4n) is 17.4. The molecule has 578 valence electrons. The van der Waals surface area contributed by atoms with Crippen LogP contribution in [-0.4, -0.2) is 15.0 Å². The van der Waals surface area contributed by atoms with Gasteiger partial charge in [-0.3, -0.25) is 15.0 Å². The van der Waals surface area contributed by atoms with Gasteiger partial charge in [0, 0.05) is 163 Å². The van der Waals surface area contributed by atoms with Crippen LogP contribution in [0.15, 0.2) is 310 Å². The Balaban J connectivity index is 0.000000111. The van der Waals surface area contributed by atoms with Gasteiger partial charge in [-0.05, 0) is 160 Å². The molecule has 0 aliphatic carbocycles. The maximum Gasteiger partial charge on any atom is 0.213 e. The Morgan fingerprint density at radius 2 is 0.639 bits per heavy atom. The first-order valence-electron chi connectivity index (χ1n) is 43.6. The standard InChI is InChI=1S/C31H26NO.C29H23N2O.C25H23N2O.C23H19N2O/c1-19-16-28-26-15-14-24(21(3)30(26)33-31(28)25-13-9-8-12-23(19)25)29-17-27(20(2)18-32(29)4)22-10-6-5-7-11-22;1-18-17-31(3)26(15-25(18)20-9-5-4-6-10-20)22-13-14-24-27-29(32-28(24)19(22)2)23-12-8-7-11-21(23)16-30-27;1-15(2)17-11-12-27(4)22(13-17)19-9-10-21-23-25(28-24(21)16(19)3)20-8-6-5-7-18(20)14-26-23;1-14-10-11-25(3)20(12-14)17-8-9-19-21-23(26-22(19)15(17)2)18-7-5-4-6-16(18)13-24-21/h5-18H,1-4H3;4-17H,1-3H3;5-15H,1-4H3;4-13H,1-3H3/q4*+1/i2D3;1D3;15D;. The van der Waals surface area contributed by atoms with Crippen molar-refractivity contribution in [1.82, 2.24) is 15.0 Å². The van der Waals surface area contributed by atoms with Gasteiger partial charge in [-0.25, -0.2) is 18.3 Å². The van der Waals surface area contributed by atoms with Crippen molar-refractivity contribution < 1.29 is 45.5 Å². The van der Waals surface area contributed by atoms with Crippen LogP contribution in [0.3, 0.4) is 0 Å². The summed E-state index contributed by atoms with van der Waals surface area (Å²) >= 11 is 0. The largest absolute Gasteiger partial charge is 0.455 e. The molecule has 0 saturated heterocycles. The van der Waals surface area contributed by atoms with Crippen LogP contribution in [0.1, 0.15) is 79.4 Å². The highest BCUT2D eigenvalue weighted by Crippen LogP contribution is 2.44. The summed E-state index contributed by atoms with van der Waals surface area (Å²) in [5, 5.41) is 14.0. The molecule has 119 heavy (non-hydrogen) atoms. The molecule has 22 rings (SSSR count). The van der Waals surface area contributed by atoms with Gasteiger partial charge in [0.05, 0.1) is 22.3 Å². The molecule has 0 radical (unpaired) electrons. The Bertz CT molecular complexity index is 8180. The number of aromatic nitrogens is 7. The second kappa shape index (κ2) is 30.1. The third kappa shape index (κ3) is 13.1. The summed E-state index contributed by atoms with van der Waals surface area (Å²) < 4.78 is 90.9. The van der Waals surface area contributed by atoms with Crippen molar-refractivity contribution in [1.29, 1.82) is 0 Å². The fraction of sp³-hybridized carbons (Fsp3) is 0.139. The van der Waals surface area contributed by atoms with Crippen LogP contribution in [0.2, 0.25) is 0 Å². The van der Waals surface area contributed by atoms with E-state index in [4.69, 9.17) is 27.3 Å². The fourth-order valence-corrected chi connectivity index (χ4v) is 17.4. The molecule has 11 heterocycles. The highest BCUT2D eigenvalue weighted by molar-refractivity contribution is 6.19. The number of rotatable bonds is 7. The van der Waals surface area contributed by atoms with Gasteiger partial charge >= 0.3 is 0 Å². The van der Waals surface area contributed by atoms with Crippen LogP contribution in [0.5, 0.6) is 0 Å². The number of fused-ring (bicyclic) bond motifs is 20. The lowest BCUT2D eigenvalue weighted by Crippen LogP contribution is -2.31. The Morgan fingerprint density at radius 1 is 0.294 bits per heavy atom. The molecule has 0 aliphatic heterocycles. The normalized spacial score (nSPS) is 12.9. The van der Waals surface area contributed by atoms with E-state index in [-0.39, 0.29) is 0 Å². The summed E-state index contributed by atoms with van der Waals surface area (Å²) in [5.74, 6) is -0.650. The van der Waals surface area contributed by atoms with E-state index < -0.39 is 19.6 Å². The number of benzene rings is 11. The van der Waals surface area contributed by atoms with Crippen LogP contribution in [0.25, 0.3) is 199 Å². The summed E-state index contributed by atoms with van der Waals surface area (Å²) in [7, 11) is 7.90. The topological polar surface area (TPSA) is 107 Å². The van der Waals surface area contributed by atoms with E-state index in [1.54, 1.807) is 12.4 Å². The zero-order chi connectivity index (χ0) is 87.7. The Morgan fingerprint density at radius 3 is 1.06 bits per heavy atom. The van der Waals surface area contributed by atoms with E-state index in [0.29, 0.717) is 16.7 Å². The third-order valence-electron chi connectivity index (χ3n) is 23.8. The molecule has 0 saturated carbocycles. The van der Waals surface area contributed by atoms with Crippen LogP contribution < -0.4 is 18.3 Å². The molecule has 0 unspecified atom stereocenters. The number of hydrogen-bond acceptors (Lipinski definition) is 7. The van der Waals surface area contributed by atoms with Crippen molar-refractivity contribution in [2.24, 2.45) is 28.2 Å². The van der Waals surface area contributed by atoms with E-state index in [0.717, 1.165) is 204 Å². The van der Waals surface area contributed by atoms with Crippen molar-refractivity contribution in [2.45, 2.75) is 75.0 Å². The number of pyridine rings is 7. The summed E-state index contributed by atoms with van der Waals surface area (Å²) in [6.07, 6.45) is 13.3. The first-order valence-corrected chi connectivity index (χ1v) is 40.1. The molecule has 11 heteroatoms. The molecule has 11 nitrogen and oxygen atoms in total. The molecule has 0 spiro atoms. The van der Waals surface area contributed by atoms with E-state index in [1.807, 2.05) is 209 Å². The van der Waals surface area contributed by atoms with Gasteiger partial charge in [0.1, 0.15) is 72.7 Å². The van der Waals surface area contributed by atoms with Gasteiger partial charge in [-0.2, -0.15) is 0 Å². The molecule has 0 bridgehead atoms. The quantitative estimate of drug-likeness (QED) is 0.146. The number of nitrogens with zero attached hydrogens (tertiary/aromatic N) is 7. The van der Waals surface area contributed by atoms with Crippen LogP contribution in [0, 0.1) is 55.2 Å². The van der Waals surface area contributed by atoms with Gasteiger partial charge < -0.3 is 17.7 Å². The van der Waals surface area contributed by atoms with Crippen molar-refractivity contribution in [3.63, 3.8) is 0 Å². The minimum atomic E-state index is -2.23. The predicted octanol–water partition coefficient (Wildman–Crippen LogP) is 26.0. The van der Waals surface area contributed by atoms with Crippen molar-refractivity contribution in [2.75, 3.05) is 0 Å². The summed E-state index contributed by atoms with van der Waals surface area (Å²) in [6, 6.07) is 83.8. The van der Waals surface area contributed by atoms with Crippen LogP contribution in [-0.2, 0) is 28.2 Å². The van der Waals surface area contributed by atoms with Gasteiger partial charge in [-0.1, -0.05) is 172 Å². The molecular formula is C108H91N7O4+4. The molecule has 0 N–H and O–H groups in total. The second-order valence-electron chi connectivity index (χ2n) is 31.6. The lowest BCUT2D eigenvalue weighted by molar-refractivity contribution is -0.660. The third-order valence-corrected chi connectivity index (χ3v) is 23.8. The lowest BCUT2D eigenvalue weighted by Gasteiger charge is -2.10. The van der Waals surface area contributed by atoms with Gasteiger partial charge in [0.15, 0.2) is 41.5 Å². The number of furan rings is 4. The van der Waals surface area contributed by atoms with Crippen molar-refractivity contribution in [3.8, 4) is 67.3 Å². The molecule has 0 amide bonds. The first-order chi connectivity index (χ1) is 60.5. The molecule has 22 aromatic rings. The van der Waals surface area contributed by atoms with E-state index >= 15 is 0 Å². The molecule has 0 atom stereocenters. The smallest absolute Gasteiger partial charge is 0.213 e. The van der Waals surface area contributed by atoms with Crippen LogP contribution in [0.4, 0.5) is 0 Å². The SMILES string of the molecule is Cc1cc[n+](C)c(-c2ccc3c(oc4c5ccccc5cnc34)c2C)c1.[2H]C(C)(C)c1cc[n+](C)c(-c2ccc3c(oc4c5ccccc5cnc34)c2C)c1.[2H]C([2H])([2H])c1c[n+](C)c(-c2ccc3c(oc4c5ccccc5c(C)cc34)c2C)cc1-c1ccccc1.[2H]C([2H])([2H])c1c[n+](C)c(-c2ccc3c(oc4c5ccccc5cnc34)c2C)cc1-c1ccccc1. The Hall–Kier alpha value is -14.3. The summed E-state index contributed by atoms with van der Waals surface area (Å²) in [4.78, 5) is 14.0. The maximum atomic E-state index is 8.40. The maximum absolute atomic E-state index is 8.40. The Labute approximate surface area is 700 Å². The average Bonchev–Trinajstić information content (AvgIpc) is 1.56. The van der Waals surface area contributed by atoms with Crippen molar-refractivity contribution in [3.05, 3.63) is 342 Å². The van der Waals surface area contributed by atoms with Gasteiger partial charge in [0.2, 0.25) is 22.8 Å².